The number of benzene rings is 1. The van der Waals surface area contributed by atoms with Crippen molar-refractivity contribution in [1.29, 1.82) is 0 Å². The third-order valence-electron chi connectivity index (χ3n) is 3.37. The highest BCUT2D eigenvalue weighted by Crippen LogP contribution is 2.30. The number of halogens is 2. The van der Waals surface area contributed by atoms with Crippen LogP contribution >= 0.6 is 11.6 Å². The summed E-state index contributed by atoms with van der Waals surface area (Å²) in [5.41, 5.74) is -0.403. The molecule has 21 heavy (non-hydrogen) atoms. The summed E-state index contributed by atoms with van der Waals surface area (Å²) >= 11 is 5.53. The van der Waals surface area contributed by atoms with Gasteiger partial charge >= 0.3 is 0 Å². The van der Waals surface area contributed by atoms with Crippen molar-refractivity contribution in [3.05, 3.63) is 33.1 Å². The highest BCUT2D eigenvalue weighted by molar-refractivity contribution is 6.31. The molecule has 114 valence electrons. The van der Waals surface area contributed by atoms with Gasteiger partial charge in [0.2, 0.25) is 5.91 Å². The van der Waals surface area contributed by atoms with Crippen LogP contribution < -0.4 is 5.32 Å². The van der Waals surface area contributed by atoms with Gasteiger partial charge in [-0.2, -0.15) is 0 Å². The smallest absolute Gasteiger partial charge is 0.294 e. The Bertz CT molecular complexity index is 562. The molecule has 1 amide bonds. The summed E-state index contributed by atoms with van der Waals surface area (Å²) in [6.07, 6.45) is 3.02. The number of piperidine rings is 1. The van der Waals surface area contributed by atoms with Crippen molar-refractivity contribution in [1.82, 2.24) is 4.90 Å². The zero-order valence-electron chi connectivity index (χ0n) is 11.3. The third-order valence-corrected chi connectivity index (χ3v) is 3.66. The second-order valence-corrected chi connectivity index (χ2v) is 5.24. The number of nitro benzene ring substituents is 1. The number of nitrogens with one attached hydrogen (secondary N) is 1. The molecule has 1 N–H and O–H groups in total. The number of rotatable bonds is 4. The van der Waals surface area contributed by atoms with Gasteiger partial charge in [-0.1, -0.05) is 11.6 Å². The van der Waals surface area contributed by atoms with E-state index in [1.807, 2.05) is 0 Å². The molecule has 0 bridgehead atoms. The van der Waals surface area contributed by atoms with Crippen LogP contribution in [0, 0.1) is 15.9 Å². The Kier molecular flexibility index (Phi) is 4.95. The third kappa shape index (κ3) is 3.81. The zero-order chi connectivity index (χ0) is 15.4. The van der Waals surface area contributed by atoms with E-state index < -0.39 is 10.7 Å². The van der Waals surface area contributed by atoms with Crippen LogP contribution in [-0.4, -0.2) is 35.4 Å². The lowest BCUT2D eigenvalue weighted by Gasteiger charge is -2.26. The molecule has 0 spiro atoms. The first-order valence-electron chi connectivity index (χ1n) is 6.64. The van der Waals surface area contributed by atoms with Crippen molar-refractivity contribution in [3.63, 3.8) is 0 Å². The number of hydrogen-bond donors (Lipinski definition) is 1. The molecule has 6 nitrogen and oxygen atoms in total. The van der Waals surface area contributed by atoms with Gasteiger partial charge in [-0.3, -0.25) is 14.9 Å². The summed E-state index contributed by atoms with van der Waals surface area (Å²) in [6.45, 7) is 1.27. The van der Waals surface area contributed by atoms with E-state index in [0.717, 1.165) is 31.4 Å². The lowest BCUT2D eigenvalue weighted by atomic mass is 10.1. The van der Waals surface area contributed by atoms with E-state index in [1.165, 1.54) is 0 Å². The SMILES string of the molecule is O=C(CNc1cc(F)c(Cl)cc1[N+](=O)[O-])N1CCCCC1. The van der Waals surface area contributed by atoms with Gasteiger partial charge in [0.05, 0.1) is 16.5 Å². The molecule has 8 heteroatoms. The average molecular weight is 316 g/mol. The minimum atomic E-state index is -0.768. The summed E-state index contributed by atoms with van der Waals surface area (Å²) in [6, 6.07) is 1.87. The van der Waals surface area contributed by atoms with E-state index >= 15 is 0 Å². The van der Waals surface area contributed by atoms with E-state index in [4.69, 9.17) is 11.6 Å². The highest BCUT2D eigenvalue weighted by atomic mass is 35.5. The van der Waals surface area contributed by atoms with Crippen molar-refractivity contribution in [3.8, 4) is 0 Å². The quantitative estimate of drug-likeness (QED) is 0.684. The van der Waals surface area contributed by atoms with E-state index in [1.54, 1.807) is 4.90 Å². The molecule has 0 aliphatic carbocycles. The summed E-state index contributed by atoms with van der Waals surface area (Å²) < 4.78 is 13.4. The van der Waals surface area contributed by atoms with Gasteiger partial charge in [-0.15, -0.1) is 0 Å². The summed E-state index contributed by atoms with van der Waals surface area (Å²) in [5.74, 6) is -0.922. The Balaban J connectivity index is 2.06. The van der Waals surface area contributed by atoms with Gasteiger partial charge < -0.3 is 10.2 Å². The van der Waals surface area contributed by atoms with Crippen LogP contribution in [0.2, 0.25) is 5.02 Å². The summed E-state index contributed by atoms with van der Waals surface area (Å²) in [4.78, 5) is 23.9. The normalized spacial score (nSPS) is 14.9. The maximum atomic E-state index is 13.4. The fourth-order valence-electron chi connectivity index (χ4n) is 2.25. The second-order valence-electron chi connectivity index (χ2n) is 4.84. The molecular formula is C13H15ClFN3O3. The predicted octanol–water partition coefficient (Wildman–Crippen LogP) is 2.81. The molecule has 0 saturated carbocycles. The Morgan fingerprint density at radius 1 is 1.38 bits per heavy atom. The Labute approximate surface area is 126 Å². The first-order valence-corrected chi connectivity index (χ1v) is 7.02. The molecule has 0 radical (unpaired) electrons. The van der Waals surface area contributed by atoms with Crippen LogP contribution in [0.5, 0.6) is 0 Å². The predicted molar refractivity (Wildman–Crippen MR) is 77.0 cm³/mol. The van der Waals surface area contributed by atoms with Gasteiger partial charge in [-0.25, -0.2) is 4.39 Å². The number of likely N-dealkylation sites (tertiary alicyclic amines) is 1. The topological polar surface area (TPSA) is 75.5 Å². The van der Waals surface area contributed by atoms with Gasteiger partial charge in [-0.05, 0) is 19.3 Å². The van der Waals surface area contributed by atoms with Crippen molar-refractivity contribution >= 4 is 28.9 Å². The number of nitrogens with zero attached hydrogens (tertiary/aromatic N) is 2. The number of carbonyl (C=O) groups is 1. The highest BCUT2D eigenvalue weighted by Gasteiger charge is 2.20. The van der Waals surface area contributed by atoms with E-state index in [0.29, 0.717) is 13.1 Å². The van der Waals surface area contributed by atoms with Crippen LogP contribution in [0.3, 0.4) is 0 Å². The number of carbonyl (C=O) groups excluding carboxylic acids is 1. The molecule has 0 unspecified atom stereocenters. The number of hydrogen-bond acceptors (Lipinski definition) is 4. The van der Waals surface area contributed by atoms with E-state index in [2.05, 4.69) is 5.32 Å². The molecular weight excluding hydrogens is 301 g/mol. The number of anilines is 1. The number of amides is 1. The maximum absolute atomic E-state index is 13.4. The van der Waals surface area contributed by atoms with E-state index in [9.17, 15) is 19.3 Å². The van der Waals surface area contributed by atoms with Crippen molar-refractivity contribution < 1.29 is 14.1 Å². The molecule has 1 aliphatic rings. The van der Waals surface area contributed by atoms with Crippen molar-refractivity contribution in [2.24, 2.45) is 0 Å². The maximum Gasteiger partial charge on any atom is 0.294 e. The molecule has 2 rings (SSSR count). The fourth-order valence-corrected chi connectivity index (χ4v) is 2.41. The van der Waals surface area contributed by atoms with E-state index in [-0.39, 0.29) is 28.8 Å². The molecule has 1 aromatic carbocycles. The summed E-state index contributed by atoms with van der Waals surface area (Å²) in [7, 11) is 0. The monoisotopic (exact) mass is 315 g/mol. The average Bonchev–Trinajstić information content (AvgIpc) is 2.48. The first-order chi connectivity index (χ1) is 9.99. The van der Waals surface area contributed by atoms with Crippen LogP contribution in [0.25, 0.3) is 0 Å². The van der Waals surface area contributed by atoms with Crippen LogP contribution in [0.1, 0.15) is 19.3 Å². The van der Waals surface area contributed by atoms with Crippen molar-refractivity contribution in [2.45, 2.75) is 19.3 Å². The summed E-state index contributed by atoms with van der Waals surface area (Å²) in [5, 5.41) is 13.2. The second kappa shape index (κ2) is 6.71. The minimum absolute atomic E-state index is 0.0488. The Hall–Kier alpha value is -1.89. The van der Waals surface area contributed by atoms with Crippen LogP contribution in [0.15, 0.2) is 12.1 Å². The van der Waals surface area contributed by atoms with Crippen LogP contribution in [-0.2, 0) is 4.79 Å². The van der Waals surface area contributed by atoms with Gasteiger partial charge in [0.15, 0.2) is 0 Å². The lowest BCUT2D eigenvalue weighted by molar-refractivity contribution is -0.384. The molecule has 1 heterocycles. The lowest BCUT2D eigenvalue weighted by Crippen LogP contribution is -2.39. The molecule has 1 fully saturated rings. The Morgan fingerprint density at radius 3 is 2.67 bits per heavy atom. The molecule has 0 atom stereocenters. The van der Waals surface area contributed by atoms with Crippen molar-refractivity contribution in [2.75, 3.05) is 25.0 Å². The largest absolute Gasteiger partial charge is 0.370 e. The van der Waals surface area contributed by atoms with Gasteiger partial charge in [0.1, 0.15) is 11.5 Å². The molecule has 1 aromatic rings. The van der Waals surface area contributed by atoms with Crippen LogP contribution in [0.4, 0.5) is 15.8 Å². The fraction of sp³-hybridized carbons (Fsp3) is 0.462. The standard InChI is InChI=1S/C13H15ClFN3O3/c14-9-6-12(18(20)21)11(7-10(9)15)16-8-13(19)17-4-2-1-3-5-17/h6-7,16H,1-5,8H2. The molecule has 0 aromatic heterocycles. The zero-order valence-corrected chi connectivity index (χ0v) is 12.0. The van der Waals surface area contributed by atoms with Gasteiger partial charge in [0, 0.05) is 25.2 Å². The Morgan fingerprint density at radius 2 is 2.05 bits per heavy atom. The number of nitro groups is 1. The first kappa shape index (κ1) is 15.5. The molecule has 1 saturated heterocycles. The minimum Gasteiger partial charge on any atom is -0.370 e. The molecule has 1 aliphatic heterocycles. The van der Waals surface area contributed by atoms with Gasteiger partial charge in [0.25, 0.3) is 5.69 Å².